The van der Waals surface area contributed by atoms with Crippen LogP contribution in [0.25, 0.3) is 0 Å². The van der Waals surface area contributed by atoms with E-state index in [1.807, 2.05) is 24.0 Å². The topological polar surface area (TPSA) is 112 Å². The first-order chi connectivity index (χ1) is 16.3. The minimum Gasteiger partial charge on any atom is -0.493 e. The summed E-state index contributed by atoms with van der Waals surface area (Å²) in [6.07, 6.45) is 1.13. The third-order valence-electron chi connectivity index (χ3n) is 5.99. The van der Waals surface area contributed by atoms with E-state index in [9.17, 15) is 13.2 Å². The van der Waals surface area contributed by atoms with Crippen LogP contribution >= 0.6 is 0 Å². The van der Waals surface area contributed by atoms with Crippen molar-refractivity contribution in [2.24, 2.45) is 0 Å². The van der Waals surface area contributed by atoms with Gasteiger partial charge in [0.05, 0.1) is 25.2 Å². The second-order valence-corrected chi connectivity index (χ2v) is 10.1. The first kappa shape index (κ1) is 23.7. The van der Waals surface area contributed by atoms with E-state index in [1.54, 1.807) is 32.4 Å². The molecule has 0 saturated carbocycles. The van der Waals surface area contributed by atoms with Gasteiger partial charge in [-0.25, -0.2) is 8.42 Å². The number of aryl methyl sites for hydroxylation is 1. The van der Waals surface area contributed by atoms with Gasteiger partial charge in [-0.05, 0) is 48.7 Å². The van der Waals surface area contributed by atoms with Crippen molar-refractivity contribution in [3.63, 3.8) is 0 Å². The minimum atomic E-state index is -3.57. The average Bonchev–Trinajstić information content (AvgIpc) is 3.29. The van der Waals surface area contributed by atoms with E-state index in [-0.39, 0.29) is 47.2 Å². The lowest BCUT2D eigenvalue weighted by atomic mass is 9.92. The van der Waals surface area contributed by atoms with Crippen LogP contribution in [0.1, 0.15) is 42.2 Å². The Morgan fingerprint density at radius 1 is 1.15 bits per heavy atom. The maximum atomic E-state index is 13.0. The van der Waals surface area contributed by atoms with E-state index < -0.39 is 9.84 Å². The molecule has 4 rings (SSSR count). The molecule has 0 saturated heterocycles. The smallest absolute Gasteiger partial charge is 0.227 e. The normalized spacial score (nSPS) is 15.6. The average molecular weight is 486 g/mol. The van der Waals surface area contributed by atoms with Gasteiger partial charge in [0.25, 0.3) is 0 Å². The van der Waals surface area contributed by atoms with Gasteiger partial charge in [0.15, 0.2) is 27.2 Å². The molecular formula is C24H27N3O6S. The number of methoxy groups -OCH3 is 2. The van der Waals surface area contributed by atoms with Gasteiger partial charge in [0, 0.05) is 19.4 Å². The molecule has 1 atom stereocenters. The quantitative estimate of drug-likeness (QED) is 0.478. The molecule has 0 N–H and O–H groups in total. The fourth-order valence-corrected chi connectivity index (χ4v) is 5.37. The van der Waals surface area contributed by atoms with E-state index in [2.05, 4.69) is 10.1 Å². The summed E-state index contributed by atoms with van der Waals surface area (Å²) in [5, 5.41) is 3.78. The summed E-state index contributed by atoms with van der Waals surface area (Å²) in [5.41, 5.74) is 2.17. The SMILES string of the molecule is COc1cc2c(cc1OC)C(C)N(C(=O)CCc1nc(CS(=O)(=O)c3ccccc3)no1)CC2. The largest absolute Gasteiger partial charge is 0.493 e. The number of sulfone groups is 1. The van der Waals surface area contributed by atoms with Crippen molar-refractivity contribution in [3.05, 3.63) is 65.3 Å². The fraction of sp³-hybridized carbons (Fsp3) is 0.375. The number of ether oxygens (including phenoxy) is 2. The maximum absolute atomic E-state index is 13.0. The van der Waals surface area contributed by atoms with Gasteiger partial charge in [-0.15, -0.1) is 0 Å². The Balaban J connectivity index is 1.39. The van der Waals surface area contributed by atoms with Crippen molar-refractivity contribution < 1.29 is 27.2 Å². The zero-order valence-electron chi connectivity index (χ0n) is 19.4. The number of carbonyl (C=O) groups is 1. The highest BCUT2D eigenvalue weighted by Gasteiger charge is 2.29. The molecule has 0 fully saturated rings. The minimum absolute atomic E-state index is 0.0374. The number of hydrogen-bond acceptors (Lipinski definition) is 8. The molecule has 9 nitrogen and oxygen atoms in total. The molecule has 1 unspecified atom stereocenters. The number of rotatable bonds is 8. The molecular weight excluding hydrogens is 458 g/mol. The maximum Gasteiger partial charge on any atom is 0.227 e. The van der Waals surface area contributed by atoms with Crippen LogP contribution in [0.4, 0.5) is 0 Å². The van der Waals surface area contributed by atoms with E-state index in [0.29, 0.717) is 24.5 Å². The number of amides is 1. The molecule has 1 aliphatic heterocycles. The predicted molar refractivity (Wildman–Crippen MR) is 123 cm³/mol. The Kier molecular flexibility index (Phi) is 6.87. The number of fused-ring (bicyclic) bond motifs is 1. The first-order valence-corrected chi connectivity index (χ1v) is 12.6. The Morgan fingerprint density at radius 2 is 1.85 bits per heavy atom. The summed E-state index contributed by atoms with van der Waals surface area (Å²) in [6.45, 7) is 2.58. The van der Waals surface area contributed by atoms with Crippen molar-refractivity contribution in [2.75, 3.05) is 20.8 Å². The predicted octanol–water partition coefficient (Wildman–Crippen LogP) is 3.14. The number of hydrogen-bond donors (Lipinski definition) is 0. The summed E-state index contributed by atoms with van der Waals surface area (Å²) in [6, 6.07) is 11.9. The molecule has 0 radical (unpaired) electrons. The second kappa shape index (κ2) is 9.84. The highest BCUT2D eigenvalue weighted by Crippen LogP contribution is 2.38. The van der Waals surface area contributed by atoms with Gasteiger partial charge in [-0.2, -0.15) is 4.98 Å². The third-order valence-corrected chi connectivity index (χ3v) is 7.62. The molecule has 0 spiro atoms. The number of aromatic nitrogens is 2. The first-order valence-electron chi connectivity index (χ1n) is 11.0. The van der Waals surface area contributed by atoms with E-state index in [4.69, 9.17) is 14.0 Å². The van der Waals surface area contributed by atoms with Crippen molar-refractivity contribution in [2.45, 2.75) is 42.9 Å². The van der Waals surface area contributed by atoms with Gasteiger partial charge >= 0.3 is 0 Å². The summed E-state index contributed by atoms with van der Waals surface area (Å²) in [4.78, 5) is 19.2. The van der Waals surface area contributed by atoms with Gasteiger partial charge in [-0.3, -0.25) is 4.79 Å². The molecule has 34 heavy (non-hydrogen) atoms. The van der Waals surface area contributed by atoms with E-state index in [0.717, 1.165) is 11.1 Å². The van der Waals surface area contributed by atoms with Crippen LogP contribution in [0.15, 0.2) is 51.9 Å². The van der Waals surface area contributed by atoms with Crippen molar-refractivity contribution in [1.29, 1.82) is 0 Å². The standard InChI is InChI=1S/C24H27N3O6S/c1-16-19-14-21(32-3)20(31-2)13-17(19)11-12-27(16)24(28)10-9-23-25-22(26-33-23)15-34(29,30)18-7-5-4-6-8-18/h4-8,13-14,16H,9-12,15H2,1-3H3. The lowest BCUT2D eigenvalue weighted by Crippen LogP contribution is -2.39. The molecule has 10 heteroatoms. The van der Waals surface area contributed by atoms with Crippen molar-refractivity contribution >= 4 is 15.7 Å². The molecule has 1 amide bonds. The number of nitrogens with zero attached hydrogens (tertiary/aromatic N) is 3. The van der Waals surface area contributed by atoms with E-state index in [1.165, 1.54) is 12.1 Å². The molecule has 0 bridgehead atoms. The lowest BCUT2D eigenvalue weighted by molar-refractivity contribution is -0.133. The van der Waals surface area contributed by atoms with Crippen molar-refractivity contribution in [3.8, 4) is 11.5 Å². The van der Waals surface area contributed by atoms with Crippen LogP contribution in [0.5, 0.6) is 11.5 Å². The van der Waals surface area contributed by atoms with Crippen LogP contribution in [0, 0.1) is 0 Å². The summed E-state index contributed by atoms with van der Waals surface area (Å²) in [7, 11) is -0.383. The molecule has 0 aliphatic carbocycles. The lowest BCUT2D eigenvalue weighted by Gasteiger charge is -2.35. The van der Waals surface area contributed by atoms with E-state index >= 15 is 0 Å². The Labute approximate surface area is 198 Å². The number of benzene rings is 2. The highest BCUT2D eigenvalue weighted by atomic mass is 32.2. The molecule has 2 aromatic carbocycles. The van der Waals surface area contributed by atoms with Crippen LogP contribution in [0.3, 0.4) is 0 Å². The molecule has 1 aliphatic rings. The number of carbonyl (C=O) groups excluding carboxylic acids is 1. The van der Waals surface area contributed by atoms with Gasteiger partial charge in [0.1, 0.15) is 5.75 Å². The Hall–Kier alpha value is -3.40. The van der Waals surface area contributed by atoms with Gasteiger partial charge in [0.2, 0.25) is 11.8 Å². The zero-order valence-corrected chi connectivity index (χ0v) is 20.2. The van der Waals surface area contributed by atoms with Gasteiger partial charge in [-0.1, -0.05) is 23.4 Å². The Bertz CT molecular complexity index is 1270. The highest BCUT2D eigenvalue weighted by molar-refractivity contribution is 7.90. The fourth-order valence-electron chi connectivity index (χ4n) is 4.17. The Morgan fingerprint density at radius 3 is 2.56 bits per heavy atom. The molecule has 3 aromatic rings. The zero-order chi connectivity index (χ0) is 24.3. The summed E-state index contributed by atoms with van der Waals surface area (Å²) >= 11 is 0. The molecule has 180 valence electrons. The third kappa shape index (κ3) is 4.91. The van der Waals surface area contributed by atoms with Crippen LogP contribution in [-0.4, -0.2) is 50.1 Å². The molecule has 1 aromatic heterocycles. The van der Waals surface area contributed by atoms with Gasteiger partial charge < -0.3 is 18.9 Å². The summed E-state index contributed by atoms with van der Waals surface area (Å²) in [5.74, 6) is 1.22. The van der Waals surface area contributed by atoms with Crippen LogP contribution in [-0.2, 0) is 33.2 Å². The second-order valence-electron chi connectivity index (χ2n) is 8.10. The van der Waals surface area contributed by atoms with Crippen molar-refractivity contribution in [1.82, 2.24) is 15.0 Å². The summed E-state index contributed by atoms with van der Waals surface area (Å²) < 4.78 is 41.0. The molecule has 2 heterocycles. The monoisotopic (exact) mass is 485 g/mol. The van der Waals surface area contributed by atoms with Crippen LogP contribution in [0.2, 0.25) is 0 Å². The van der Waals surface area contributed by atoms with Crippen LogP contribution < -0.4 is 9.47 Å².